The Balaban J connectivity index is 0.000000216. The molecule has 3 heterocycles. The number of nitrogens with zero attached hydrogens (tertiary/aromatic N) is 3. The number of nitriles is 1. The first-order valence-electron chi connectivity index (χ1n) is 17.4. The van der Waals surface area contributed by atoms with Gasteiger partial charge in [-0.2, -0.15) is 5.26 Å². The Morgan fingerprint density at radius 2 is 1.42 bits per heavy atom. The van der Waals surface area contributed by atoms with Crippen molar-refractivity contribution in [3.8, 4) is 39.7 Å². The van der Waals surface area contributed by atoms with Crippen molar-refractivity contribution in [2.45, 2.75) is 26.2 Å². The molecule has 52 heavy (non-hydrogen) atoms. The van der Waals surface area contributed by atoms with Gasteiger partial charge in [-0.3, -0.25) is 0 Å². The fourth-order valence-electron chi connectivity index (χ4n) is 6.56. The van der Waals surface area contributed by atoms with Gasteiger partial charge in [0.15, 0.2) is 0 Å². The van der Waals surface area contributed by atoms with Gasteiger partial charge in [-0.1, -0.05) is 111 Å². The van der Waals surface area contributed by atoms with E-state index >= 15 is 0 Å². The average Bonchev–Trinajstić information content (AvgIpc) is 3.58. The number of pyridine rings is 2. The molecule has 4 nitrogen and oxygen atoms in total. The van der Waals surface area contributed by atoms with Crippen LogP contribution in [0.25, 0.3) is 77.1 Å². The van der Waals surface area contributed by atoms with Gasteiger partial charge in [0.05, 0.1) is 18.6 Å². The fourth-order valence-corrected chi connectivity index (χ4v) is 6.56. The Morgan fingerprint density at radius 3 is 2.13 bits per heavy atom. The Hall–Kier alpha value is -5.92. The number of hydrogen-bond donors (Lipinski definition) is 0. The zero-order valence-corrected chi connectivity index (χ0v) is 31.3. The third-order valence-electron chi connectivity index (χ3n) is 9.18. The second kappa shape index (κ2) is 14.4. The number of benzene rings is 6. The van der Waals surface area contributed by atoms with Crippen LogP contribution in [0.4, 0.5) is 0 Å². The summed E-state index contributed by atoms with van der Waals surface area (Å²) < 4.78 is 15.8. The predicted molar refractivity (Wildman–Crippen MR) is 208 cm³/mol. The third kappa shape index (κ3) is 6.40. The molecule has 3 aromatic heterocycles. The van der Waals surface area contributed by atoms with Crippen LogP contribution in [-0.4, -0.2) is 9.97 Å². The van der Waals surface area contributed by atoms with Crippen molar-refractivity contribution in [1.82, 2.24) is 9.97 Å². The second-order valence-corrected chi connectivity index (χ2v) is 13.4. The van der Waals surface area contributed by atoms with Crippen molar-refractivity contribution in [2.75, 3.05) is 0 Å². The third-order valence-corrected chi connectivity index (χ3v) is 9.18. The van der Waals surface area contributed by atoms with E-state index in [1.165, 1.54) is 5.56 Å². The second-order valence-electron chi connectivity index (χ2n) is 13.4. The zero-order chi connectivity index (χ0) is 35.8. The molecule has 0 unspecified atom stereocenters. The van der Waals surface area contributed by atoms with Crippen LogP contribution in [0, 0.1) is 23.5 Å². The molecule has 0 amide bonds. The fraction of sp³-hybridized carbons (Fsp3) is 0.0851. The van der Waals surface area contributed by atoms with E-state index in [0.717, 1.165) is 54.8 Å². The number of furan rings is 1. The molecule has 1 radical (unpaired) electrons. The van der Waals surface area contributed by atoms with Crippen molar-refractivity contribution in [2.24, 2.45) is 0 Å². The van der Waals surface area contributed by atoms with Gasteiger partial charge in [0, 0.05) is 43.4 Å². The van der Waals surface area contributed by atoms with Crippen LogP contribution in [0.5, 0.6) is 0 Å². The summed E-state index contributed by atoms with van der Waals surface area (Å²) in [5, 5.41) is 15.8. The van der Waals surface area contributed by atoms with E-state index in [9.17, 15) is 6.63 Å². The summed E-state index contributed by atoms with van der Waals surface area (Å²) in [6.45, 7) is 6.58. The molecule has 0 fully saturated rings. The molecule has 0 spiro atoms. The Labute approximate surface area is 318 Å². The van der Waals surface area contributed by atoms with E-state index in [1.54, 1.807) is 6.20 Å². The number of fused-ring (bicyclic) bond motifs is 6. The summed E-state index contributed by atoms with van der Waals surface area (Å²) in [6.07, 6.45) is 3.70. The van der Waals surface area contributed by atoms with Crippen LogP contribution >= 0.6 is 0 Å². The van der Waals surface area contributed by atoms with Crippen LogP contribution in [-0.2, 0) is 25.5 Å². The quantitative estimate of drug-likeness (QED) is 0.131. The first-order valence-corrected chi connectivity index (χ1v) is 16.9. The van der Waals surface area contributed by atoms with Crippen LogP contribution in [0.3, 0.4) is 0 Å². The summed E-state index contributed by atoms with van der Waals surface area (Å²) in [6, 6.07) is 50.7. The minimum Gasteiger partial charge on any atom is -0.500 e. The van der Waals surface area contributed by atoms with Gasteiger partial charge < -0.3 is 14.4 Å². The van der Waals surface area contributed by atoms with Crippen molar-refractivity contribution in [1.29, 1.82) is 5.26 Å². The molecule has 0 aliphatic carbocycles. The molecule has 0 bridgehead atoms. The van der Waals surface area contributed by atoms with Crippen molar-refractivity contribution in [3.05, 3.63) is 169 Å². The molecule has 0 saturated heterocycles. The smallest absolute Gasteiger partial charge is 0.130 e. The van der Waals surface area contributed by atoms with Gasteiger partial charge in [0.25, 0.3) is 0 Å². The van der Waals surface area contributed by atoms with Crippen LogP contribution in [0.1, 0.15) is 33.3 Å². The Bertz CT molecular complexity index is 2780. The first-order chi connectivity index (χ1) is 25.3. The zero-order valence-electron chi connectivity index (χ0n) is 29.9. The van der Waals surface area contributed by atoms with Crippen LogP contribution in [0.2, 0.25) is 0 Å². The molecule has 0 aliphatic rings. The van der Waals surface area contributed by atoms with E-state index in [-0.39, 0.29) is 25.5 Å². The molecule has 253 valence electrons. The molecule has 5 heteroatoms. The van der Waals surface area contributed by atoms with Gasteiger partial charge in [-0.25, -0.2) is 0 Å². The first kappa shape index (κ1) is 33.2. The Kier molecular flexibility index (Phi) is 9.18. The molecule has 0 N–H and O–H groups in total. The van der Waals surface area contributed by atoms with Crippen molar-refractivity contribution < 1.29 is 25.9 Å². The van der Waals surface area contributed by atoms with E-state index in [4.69, 9.17) is 4.42 Å². The summed E-state index contributed by atoms with van der Waals surface area (Å²) in [4.78, 5) is 8.98. The van der Waals surface area contributed by atoms with E-state index in [0.29, 0.717) is 33.9 Å². The Morgan fingerprint density at radius 1 is 0.673 bits per heavy atom. The summed E-state index contributed by atoms with van der Waals surface area (Å²) >= 11 is 0. The van der Waals surface area contributed by atoms with Crippen molar-refractivity contribution in [3.63, 3.8) is 0 Å². The van der Waals surface area contributed by atoms with Gasteiger partial charge >= 0.3 is 0 Å². The normalized spacial score (nSPS) is 11.5. The largest absolute Gasteiger partial charge is 0.500 e. The summed E-state index contributed by atoms with van der Waals surface area (Å²) in [5.41, 5.74) is 8.05. The molecule has 0 saturated carbocycles. The maximum Gasteiger partial charge on any atom is 0.130 e. The number of rotatable bonds is 3. The minimum absolute atomic E-state index is 0. The minimum atomic E-state index is 0. The standard InChI is InChI=1S/C32H17N2O.C15H16N.Ir/c33-19-21-15-16-26-25-12-7-13-27(29-14-5-6-17-34-29)31(25)35-32(26)30(21)28-18-20-8-1-2-9-22(20)23-10-3-4-11-24(23)28;1-15(2,3)13-9-10-14(16-11-13)12-7-5-4-6-8-12;/h1-12,14-18H;4-7,9-11H,1-3H3;/q2*-1;/i18D;;. The molecule has 6 aromatic carbocycles. The van der Waals surface area contributed by atoms with Gasteiger partial charge in [0.1, 0.15) is 5.58 Å². The maximum atomic E-state index is 10.2. The molecule has 9 aromatic rings. The number of hydrogen-bond acceptors (Lipinski definition) is 4. The monoisotopic (exact) mass is 849 g/mol. The molecule has 0 atom stereocenters. The summed E-state index contributed by atoms with van der Waals surface area (Å²) in [5.74, 6) is 0. The van der Waals surface area contributed by atoms with Crippen LogP contribution in [0.15, 0.2) is 150 Å². The maximum absolute atomic E-state index is 10.2. The van der Waals surface area contributed by atoms with E-state index in [1.807, 2.05) is 115 Å². The van der Waals surface area contributed by atoms with Gasteiger partial charge in [-0.15, -0.1) is 54.1 Å². The molecule has 9 rings (SSSR count). The predicted octanol–water partition coefficient (Wildman–Crippen LogP) is 12.1. The topological polar surface area (TPSA) is 62.7 Å². The van der Waals surface area contributed by atoms with Gasteiger partial charge in [-0.05, 0) is 67.6 Å². The number of aromatic nitrogens is 2. The van der Waals surface area contributed by atoms with E-state index < -0.39 is 0 Å². The van der Waals surface area contributed by atoms with Crippen LogP contribution < -0.4 is 0 Å². The average molecular weight is 849 g/mol. The molecular weight excluding hydrogens is 815 g/mol. The molecule has 0 aliphatic heterocycles. The SMILES string of the molecule is CC(C)(C)c1ccc(-c2[c-]cccc2)nc1.[2H]c1c(-c2c(C#N)ccc3c2oc2c(-c4ccccn4)[c-]ccc23)c2ccccc2c2ccccc12.[Ir]. The van der Waals surface area contributed by atoms with E-state index in [2.05, 4.69) is 67.1 Å². The summed E-state index contributed by atoms with van der Waals surface area (Å²) in [7, 11) is 0. The molecular formula is C47H33IrN3O-2. The van der Waals surface area contributed by atoms with Crippen molar-refractivity contribution >= 4 is 43.5 Å². The van der Waals surface area contributed by atoms with Gasteiger partial charge in [0.2, 0.25) is 0 Å².